The molecule has 3 nitrogen and oxygen atoms in total. The number of rotatable bonds is 7. The fourth-order valence-corrected chi connectivity index (χ4v) is 5.21. The van der Waals surface area contributed by atoms with Crippen LogP contribution in [0.15, 0.2) is 24.3 Å². The van der Waals surface area contributed by atoms with Gasteiger partial charge in [-0.05, 0) is 80.5 Å². The van der Waals surface area contributed by atoms with Crippen molar-refractivity contribution in [2.75, 3.05) is 0 Å². The lowest BCUT2D eigenvalue weighted by atomic mass is 9.70. The number of esters is 1. The van der Waals surface area contributed by atoms with Gasteiger partial charge in [-0.3, -0.25) is 0 Å². The molecule has 2 aliphatic carbocycles. The second-order valence-electron chi connectivity index (χ2n) is 8.91. The van der Waals surface area contributed by atoms with Gasteiger partial charge in [0.25, 0.3) is 0 Å². The Labute approximate surface area is 170 Å². The van der Waals surface area contributed by atoms with Crippen molar-refractivity contribution in [3.05, 3.63) is 35.4 Å². The van der Waals surface area contributed by atoms with Crippen LogP contribution < -0.4 is 0 Å². The maximum atomic E-state index is 12.3. The normalized spacial score (nSPS) is 27.7. The molecular weight excluding hydrogens is 346 g/mol. The molecule has 3 rings (SSSR count). The van der Waals surface area contributed by atoms with E-state index in [4.69, 9.17) is 10.00 Å². The molecule has 28 heavy (non-hydrogen) atoms. The first-order valence-corrected chi connectivity index (χ1v) is 11.4. The van der Waals surface area contributed by atoms with Crippen molar-refractivity contribution < 1.29 is 9.53 Å². The molecular formula is C25H35NO2. The Morgan fingerprint density at radius 1 is 0.964 bits per heavy atom. The standard InChI is InChI=1S/C25H35NO2/c1-2-3-4-5-19-6-10-21(11-7-19)22-14-16-24(17-15-22)28-25(27)23-12-8-20(18-26)9-13-23/h8-9,12-13,19,21-22,24H,2-7,10-11,14-17H2,1H3. The molecule has 2 aliphatic rings. The molecule has 2 fully saturated rings. The van der Waals surface area contributed by atoms with Crippen LogP contribution in [0.1, 0.15) is 99.9 Å². The molecule has 1 aromatic rings. The smallest absolute Gasteiger partial charge is 0.338 e. The van der Waals surface area contributed by atoms with E-state index < -0.39 is 0 Å². The molecule has 0 saturated heterocycles. The minimum Gasteiger partial charge on any atom is -0.459 e. The van der Waals surface area contributed by atoms with Crippen LogP contribution in [0.4, 0.5) is 0 Å². The van der Waals surface area contributed by atoms with Crippen LogP contribution in [0, 0.1) is 29.1 Å². The Morgan fingerprint density at radius 3 is 2.14 bits per heavy atom. The van der Waals surface area contributed by atoms with E-state index in [1.807, 2.05) is 0 Å². The van der Waals surface area contributed by atoms with Crippen LogP contribution in [0.3, 0.4) is 0 Å². The summed E-state index contributed by atoms with van der Waals surface area (Å²) in [6.45, 7) is 2.29. The van der Waals surface area contributed by atoms with E-state index in [1.54, 1.807) is 24.3 Å². The monoisotopic (exact) mass is 381 g/mol. The molecule has 2 saturated carbocycles. The molecule has 0 atom stereocenters. The van der Waals surface area contributed by atoms with E-state index in [0.717, 1.165) is 30.6 Å². The van der Waals surface area contributed by atoms with E-state index in [2.05, 4.69) is 13.0 Å². The first-order chi connectivity index (χ1) is 13.7. The van der Waals surface area contributed by atoms with Crippen LogP contribution in [0.25, 0.3) is 0 Å². The summed E-state index contributed by atoms with van der Waals surface area (Å²) in [6, 6.07) is 8.79. The number of carbonyl (C=O) groups excluding carboxylic acids is 1. The van der Waals surface area contributed by atoms with Crippen molar-refractivity contribution in [3.63, 3.8) is 0 Å². The van der Waals surface area contributed by atoms with Gasteiger partial charge in [0.05, 0.1) is 17.2 Å². The van der Waals surface area contributed by atoms with Crippen LogP contribution >= 0.6 is 0 Å². The molecule has 0 amide bonds. The minimum atomic E-state index is -0.250. The fraction of sp³-hybridized carbons (Fsp3) is 0.680. The third kappa shape index (κ3) is 5.84. The SMILES string of the molecule is CCCCCC1CCC(C2CCC(OC(=O)c3ccc(C#N)cc3)CC2)CC1. The molecule has 0 aliphatic heterocycles. The van der Waals surface area contributed by atoms with Crippen LogP contribution in [0.5, 0.6) is 0 Å². The highest BCUT2D eigenvalue weighted by Crippen LogP contribution is 2.41. The Kier molecular flexibility index (Phi) is 7.95. The summed E-state index contributed by atoms with van der Waals surface area (Å²) in [4.78, 5) is 12.3. The van der Waals surface area contributed by atoms with Crippen molar-refractivity contribution >= 4 is 5.97 Å². The van der Waals surface area contributed by atoms with E-state index in [1.165, 1.54) is 64.2 Å². The van der Waals surface area contributed by atoms with Crippen LogP contribution in [-0.4, -0.2) is 12.1 Å². The van der Waals surface area contributed by atoms with Gasteiger partial charge < -0.3 is 4.74 Å². The molecule has 0 radical (unpaired) electrons. The molecule has 0 spiro atoms. The molecule has 0 unspecified atom stereocenters. The first-order valence-electron chi connectivity index (χ1n) is 11.4. The van der Waals surface area contributed by atoms with Gasteiger partial charge in [0, 0.05) is 0 Å². The predicted molar refractivity (Wildman–Crippen MR) is 112 cm³/mol. The molecule has 0 N–H and O–H groups in total. The summed E-state index contributed by atoms with van der Waals surface area (Å²) < 4.78 is 5.74. The van der Waals surface area contributed by atoms with E-state index >= 15 is 0 Å². The van der Waals surface area contributed by atoms with Crippen molar-refractivity contribution in [1.82, 2.24) is 0 Å². The zero-order valence-corrected chi connectivity index (χ0v) is 17.4. The van der Waals surface area contributed by atoms with E-state index in [0.29, 0.717) is 11.1 Å². The number of ether oxygens (including phenoxy) is 1. The van der Waals surface area contributed by atoms with Gasteiger partial charge in [-0.25, -0.2) is 4.79 Å². The number of unbranched alkanes of at least 4 members (excludes halogenated alkanes) is 2. The Bertz CT molecular complexity index is 644. The van der Waals surface area contributed by atoms with Gasteiger partial charge in [0.2, 0.25) is 0 Å². The third-order valence-corrected chi connectivity index (χ3v) is 7.02. The topological polar surface area (TPSA) is 50.1 Å². The minimum absolute atomic E-state index is 0.0600. The summed E-state index contributed by atoms with van der Waals surface area (Å²) in [6.07, 6.45) is 15.8. The lowest BCUT2D eigenvalue weighted by Crippen LogP contribution is -2.29. The summed E-state index contributed by atoms with van der Waals surface area (Å²) in [5.74, 6) is 2.46. The van der Waals surface area contributed by atoms with Gasteiger partial charge in [0.15, 0.2) is 0 Å². The zero-order chi connectivity index (χ0) is 19.8. The molecule has 0 heterocycles. The van der Waals surface area contributed by atoms with Gasteiger partial charge in [-0.2, -0.15) is 5.26 Å². The summed E-state index contributed by atoms with van der Waals surface area (Å²) in [5.41, 5.74) is 1.11. The highest BCUT2D eigenvalue weighted by molar-refractivity contribution is 5.89. The first kappa shape index (κ1) is 20.9. The number of benzene rings is 1. The molecule has 0 aromatic heterocycles. The highest BCUT2D eigenvalue weighted by Gasteiger charge is 2.31. The second kappa shape index (κ2) is 10.6. The van der Waals surface area contributed by atoms with Gasteiger partial charge >= 0.3 is 5.97 Å². The van der Waals surface area contributed by atoms with Crippen molar-refractivity contribution in [2.45, 2.75) is 90.1 Å². The summed E-state index contributed by atoms with van der Waals surface area (Å²) >= 11 is 0. The molecule has 3 heteroatoms. The van der Waals surface area contributed by atoms with Crippen molar-refractivity contribution in [3.8, 4) is 6.07 Å². The highest BCUT2D eigenvalue weighted by atomic mass is 16.5. The van der Waals surface area contributed by atoms with Gasteiger partial charge in [-0.15, -0.1) is 0 Å². The Hall–Kier alpha value is -1.82. The summed E-state index contributed by atoms with van der Waals surface area (Å²) in [7, 11) is 0. The average molecular weight is 382 g/mol. The zero-order valence-electron chi connectivity index (χ0n) is 17.4. The average Bonchev–Trinajstić information content (AvgIpc) is 2.75. The second-order valence-corrected chi connectivity index (χ2v) is 8.91. The number of carbonyl (C=O) groups is 1. The maximum absolute atomic E-state index is 12.3. The van der Waals surface area contributed by atoms with Crippen molar-refractivity contribution in [1.29, 1.82) is 5.26 Å². The fourth-order valence-electron chi connectivity index (χ4n) is 5.21. The molecule has 1 aromatic carbocycles. The van der Waals surface area contributed by atoms with Gasteiger partial charge in [0.1, 0.15) is 6.10 Å². The lowest BCUT2D eigenvalue weighted by Gasteiger charge is -2.37. The van der Waals surface area contributed by atoms with E-state index in [9.17, 15) is 4.79 Å². The van der Waals surface area contributed by atoms with Gasteiger partial charge in [-0.1, -0.05) is 45.4 Å². The van der Waals surface area contributed by atoms with Crippen molar-refractivity contribution in [2.24, 2.45) is 17.8 Å². The molecule has 152 valence electrons. The number of hydrogen-bond acceptors (Lipinski definition) is 3. The number of hydrogen-bond donors (Lipinski definition) is 0. The molecule has 0 bridgehead atoms. The van der Waals surface area contributed by atoms with Crippen LogP contribution in [-0.2, 0) is 4.74 Å². The maximum Gasteiger partial charge on any atom is 0.338 e. The van der Waals surface area contributed by atoms with E-state index in [-0.39, 0.29) is 12.1 Å². The number of nitriles is 1. The lowest BCUT2D eigenvalue weighted by molar-refractivity contribution is 0.0109. The summed E-state index contributed by atoms with van der Waals surface area (Å²) in [5, 5.41) is 8.86. The quantitative estimate of drug-likeness (QED) is 0.392. The largest absolute Gasteiger partial charge is 0.459 e. The predicted octanol–water partition coefficient (Wildman–Crippen LogP) is 6.66. The number of nitrogens with zero attached hydrogens (tertiary/aromatic N) is 1. The third-order valence-electron chi connectivity index (χ3n) is 7.02. The van der Waals surface area contributed by atoms with Crippen LogP contribution in [0.2, 0.25) is 0 Å². The Morgan fingerprint density at radius 2 is 1.57 bits per heavy atom. The Balaban J connectivity index is 1.37.